The predicted molar refractivity (Wildman–Crippen MR) is 59.2 cm³/mol. The van der Waals surface area contributed by atoms with Crippen LogP contribution in [0.4, 0.5) is 8.78 Å². The molecule has 0 aliphatic carbocycles. The highest BCUT2D eigenvalue weighted by atomic mass is 19.3. The summed E-state index contributed by atoms with van der Waals surface area (Å²) < 4.78 is 26.8. The van der Waals surface area contributed by atoms with Crippen molar-refractivity contribution in [1.29, 1.82) is 0 Å². The minimum Gasteiger partial charge on any atom is -0.264 e. The largest absolute Gasteiger partial charge is 0.271 e. The standard InChI is InChI=1S/C13H11F2N/c1-13(14,15)12-7-3-2-6-11(12)10-5-4-8-16-9-10/h2-9H,1H3. The maximum absolute atomic E-state index is 13.4. The fourth-order valence-corrected chi connectivity index (χ4v) is 1.64. The molecule has 0 spiro atoms. The maximum Gasteiger partial charge on any atom is 0.271 e. The van der Waals surface area contributed by atoms with Gasteiger partial charge in [0.25, 0.3) is 5.92 Å². The first-order valence-corrected chi connectivity index (χ1v) is 4.97. The van der Waals surface area contributed by atoms with Crippen LogP contribution in [0.25, 0.3) is 11.1 Å². The van der Waals surface area contributed by atoms with E-state index in [1.165, 1.54) is 6.07 Å². The van der Waals surface area contributed by atoms with Gasteiger partial charge < -0.3 is 0 Å². The lowest BCUT2D eigenvalue weighted by molar-refractivity contribution is 0.0181. The Balaban J connectivity index is 2.58. The van der Waals surface area contributed by atoms with Crippen LogP contribution in [0.1, 0.15) is 12.5 Å². The zero-order valence-corrected chi connectivity index (χ0v) is 8.82. The number of alkyl halides is 2. The van der Waals surface area contributed by atoms with Gasteiger partial charge in [-0.15, -0.1) is 0 Å². The summed E-state index contributed by atoms with van der Waals surface area (Å²) in [5.41, 5.74) is 1.27. The van der Waals surface area contributed by atoms with Gasteiger partial charge in [-0.1, -0.05) is 30.3 Å². The maximum atomic E-state index is 13.4. The Kier molecular flexibility index (Phi) is 2.69. The smallest absolute Gasteiger partial charge is 0.264 e. The predicted octanol–water partition coefficient (Wildman–Crippen LogP) is 3.86. The third-order valence-electron chi connectivity index (χ3n) is 2.37. The third-order valence-corrected chi connectivity index (χ3v) is 2.37. The molecule has 0 unspecified atom stereocenters. The summed E-state index contributed by atoms with van der Waals surface area (Å²) >= 11 is 0. The first-order chi connectivity index (χ1) is 7.59. The lowest BCUT2D eigenvalue weighted by Gasteiger charge is -2.15. The highest BCUT2D eigenvalue weighted by molar-refractivity contribution is 5.67. The van der Waals surface area contributed by atoms with Gasteiger partial charge >= 0.3 is 0 Å². The molecule has 2 rings (SSSR count). The molecule has 0 saturated carbocycles. The Labute approximate surface area is 92.8 Å². The summed E-state index contributed by atoms with van der Waals surface area (Å²) in [5, 5.41) is 0. The van der Waals surface area contributed by atoms with Crippen molar-refractivity contribution in [2.45, 2.75) is 12.8 Å². The lowest BCUT2D eigenvalue weighted by Crippen LogP contribution is -2.08. The summed E-state index contributed by atoms with van der Waals surface area (Å²) in [6.07, 6.45) is 3.21. The second-order valence-corrected chi connectivity index (χ2v) is 3.68. The molecule has 1 heterocycles. The molecule has 0 aliphatic rings. The van der Waals surface area contributed by atoms with Crippen LogP contribution in [0, 0.1) is 0 Å². The van der Waals surface area contributed by atoms with Gasteiger partial charge in [-0.05, 0) is 11.6 Å². The summed E-state index contributed by atoms with van der Waals surface area (Å²) in [5.74, 6) is -2.84. The average molecular weight is 219 g/mol. The molecule has 3 heteroatoms. The van der Waals surface area contributed by atoms with Crippen LogP contribution in [0.2, 0.25) is 0 Å². The first kappa shape index (κ1) is 10.7. The van der Waals surface area contributed by atoms with E-state index >= 15 is 0 Å². The molecule has 0 radical (unpaired) electrons. The van der Waals surface area contributed by atoms with Crippen molar-refractivity contribution in [3.63, 3.8) is 0 Å². The van der Waals surface area contributed by atoms with E-state index in [1.54, 1.807) is 42.7 Å². The monoisotopic (exact) mass is 219 g/mol. The molecule has 1 aromatic heterocycles. The molecule has 0 atom stereocenters. The first-order valence-electron chi connectivity index (χ1n) is 4.97. The van der Waals surface area contributed by atoms with Gasteiger partial charge in [-0.3, -0.25) is 4.98 Å². The number of rotatable bonds is 2. The van der Waals surface area contributed by atoms with Crippen LogP contribution in [-0.2, 0) is 5.92 Å². The number of nitrogens with zero attached hydrogens (tertiary/aromatic N) is 1. The zero-order valence-electron chi connectivity index (χ0n) is 8.82. The molecule has 1 aromatic carbocycles. The lowest BCUT2D eigenvalue weighted by atomic mass is 9.97. The van der Waals surface area contributed by atoms with E-state index in [0.717, 1.165) is 6.92 Å². The minimum atomic E-state index is -2.84. The second-order valence-electron chi connectivity index (χ2n) is 3.68. The summed E-state index contributed by atoms with van der Waals surface area (Å²) in [7, 11) is 0. The average Bonchev–Trinajstić information content (AvgIpc) is 2.29. The topological polar surface area (TPSA) is 12.9 Å². The highest BCUT2D eigenvalue weighted by Gasteiger charge is 2.27. The van der Waals surface area contributed by atoms with Gasteiger partial charge in [-0.25, -0.2) is 8.78 Å². The SMILES string of the molecule is CC(F)(F)c1ccccc1-c1cccnc1. The van der Waals surface area contributed by atoms with Crippen molar-refractivity contribution in [2.24, 2.45) is 0 Å². The Morgan fingerprint density at radius 1 is 1.06 bits per heavy atom. The van der Waals surface area contributed by atoms with Gasteiger partial charge in [0.15, 0.2) is 0 Å². The van der Waals surface area contributed by atoms with Crippen LogP contribution in [0.5, 0.6) is 0 Å². The highest BCUT2D eigenvalue weighted by Crippen LogP contribution is 2.34. The summed E-state index contributed by atoms with van der Waals surface area (Å²) in [4.78, 5) is 3.94. The number of benzene rings is 1. The molecule has 0 N–H and O–H groups in total. The van der Waals surface area contributed by atoms with Crippen LogP contribution in [0.3, 0.4) is 0 Å². The Morgan fingerprint density at radius 2 is 1.81 bits per heavy atom. The van der Waals surface area contributed by atoms with Gasteiger partial charge in [0.2, 0.25) is 0 Å². The molecule has 0 bridgehead atoms. The molecule has 0 saturated heterocycles. The fraction of sp³-hybridized carbons (Fsp3) is 0.154. The van der Waals surface area contributed by atoms with Gasteiger partial charge in [0.1, 0.15) is 0 Å². The Morgan fingerprint density at radius 3 is 2.44 bits per heavy atom. The van der Waals surface area contributed by atoms with E-state index in [4.69, 9.17) is 0 Å². The van der Waals surface area contributed by atoms with Crippen molar-refractivity contribution in [3.8, 4) is 11.1 Å². The number of hydrogen-bond acceptors (Lipinski definition) is 1. The summed E-state index contributed by atoms with van der Waals surface area (Å²) in [6.45, 7) is 0.905. The fourth-order valence-electron chi connectivity index (χ4n) is 1.64. The number of aromatic nitrogens is 1. The van der Waals surface area contributed by atoms with Gasteiger partial charge in [0, 0.05) is 30.4 Å². The van der Waals surface area contributed by atoms with Crippen LogP contribution in [-0.4, -0.2) is 4.98 Å². The summed E-state index contributed by atoms with van der Waals surface area (Å²) in [6, 6.07) is 10.0. The van der Waals surface area contributed by atoms with Crippen LogP contribution in [0.15, 0.2) is 48.8 Å². The van der Waals surface area contributed by atoms with Crippen molar-refractivity contribution >= 4 is 0 Å². The molecule has 0 aliphatic heterocycles. The molecular formula is C13H11F2N. The van der Waals surface area contributed by atoms with Crippen molar-refractivity contribution in [3.05, 3.63) is 54.4 Å². The number of pyridine rings is 1. The molecule has 2 aromatic rings. The molecule has 16 heavy (non-hydrogen) atoms. The zero-order chi connectivity index (χ0) is 11.6. The third kappa shape index (κ3) is 2.08. The number of halogens is 2. The van der Waals surface area contributed by atoms with E-state index in [1.807, 2.05) is 0 Å². The van der Waals surface area contributed by atoms with E-state index in [-0.39, 0.29) is 5.56 Å². The van der Waals surface area contributed by atoms with Gasteiger partial charge in [0.05, 0.1) is 0 Å². The molecular weight excluding hydrogens is 208 g/mol. The Hall–Kier alpha value is -1.77. The van der Waals surface area contributed by atoms with Crippen LogP contribution >= 0.6 is 0 Å². The molecule has 1 nitrogen and oxygen atoms in total. The van der Waals surface area contributed by atoms with Crippen LogP contribution < -0.4 is 0 Å². The van der Waals surface area contributed by atoms with Crippen molar-refractivity contribution in [2.75, 3.05) is 0 Å². The van der Waals surface area contributed by atoms with E-state index < -0.39 is 5.92 Å². The number of hydrogen-bond donors (Lipinski definition) is 0. The molecule has 82 valence electrons. The molecule has 0 amide bonds. The quantitative estimate of drug-likeness (QED) is 0.747. The van der Waals surface area contributed by atoms with Crippen molar-refractivity contribution < 1.29 is 8.78 Å². The Bertz CT molecular complexity index is 475. The van der Waals surface area contributed by atoms with E-state index in [0.29, 0.717) is 11.1 Å². The van der Waals surface area contributed by atoms with E-state index in [9.17, 15) is 8.78 Å². The minimum absolute atomic E-state index is 0.0306. The van der Waals surface area contributed by atoms with Gasteiger partial charge in [-0.2, -0.15) is 0 Å². The normalized spacial score (nSPS) is 11.4. The van der Waals surface area contributed by atoms with E-state index in [2.05, 4.69) is 4.98 Å². The molecule has 0 fully saturated rings. The second kappa shape index (κ2) is 4.00. The van der Waals surface area contributed by atoms with Crippen molar-refractivity contribution in [1.82, 2.24) is 4.98 Å².